The van der Waals surface area contributed by atoms with E-state index in [1.165, 1.54) is 12.1 Å². The molecule has 1 aromatic carbocycles. The lowest BCUT2D eigenvalue weighted by Crippen LogP contribution is -1.97. The molecule has 1 rings (SSSR count). The zero-order valence-corrected chi connectivity index (χ0v) is 6.90. The molecule has 0 heterocycles. The van der Waals surface area contributed by atoms with Gasteiger partial charge in [0.05, 0.1) is 23.2 Å². The molecule has 2 N–H and O–H groups in total. The monoisotopic (exact) mass is 184 g/mol. The van der Waals surface area contributed by atoms with Crippen molar-refractivity contribution in [2.75, 3.05) is 5.73 Å². The standard InChI is InChI=1S/C8H6ClFN2/c9-6-1-2-7(10)5(3-4-11)8(6)12/h1-2H,3,12H2. The predicted molar refractivity (Wildman–Crippen MR) is 45.1 cm³/mol. The maximum atomic E-state index is 12.9. The molecule has 0 saturated heterocycles. The van der Waals surface area contributed by atoms with Crippen LogP contribution in [0.5, 0.6) is 0 Å². The van der Waals surface area contributed by atoms with Crippen molar-refractivity contribution in [2.45, 2.75) is 6.42 Å². The molecule has 0 aromatic heterocycles. The molecule has 0 saturated carbocycles. The van der Waals surface area contributed by atoms with Gasteiger partial charge in [0.2, 0.25) is 0 Å². The van der Waals surface area contributed by atoms with Crippen LogP contribution in [0.15, 0.2) is 12.1 Å². The molecule has 0 fully saturated rings. The van der Waals surface area contributed by atoms with Crippen molar-refractivity contribution in [3.8, 4) is 6.07 Å². The number of nitrogens with zero attached hydrogens (tertiary/aromatic N) is 1. The van der Waals surface area contributed by atoms with Crippen LogP contribution in [0.2, 0.25) is 5.02 Å². The lowest BCUT2D eigenvalue weighted by molar-refractivity contribution is 0.616. The van der Waals surface area contributed by atoms with E-state index >= 15 is 0 Å². The minimum Gasteiger partial charge on any atom is -0.397 e. The molecule has 0 aliphatic heterocycles. The van der Waals surface area contributed by atoms with Crippen molar-refractivity contribution in [3.05, 3.63) is 28.5 Å². The Morgan fingerprint density at radius 3 is 2.83 bits per heavy atom. The average molecular weight is 185 g/mol. The number of benzene rings is 1. The molecule has 12 heavy (non-hydrogen) atoms. The number of rotatable bonds is 1. The first-order valence-electron chi connectivity index (χ1n) is 3.26. The van der Waals surface area contributed by atoms with Gasteiger partial charge in [-0.3, -0.25) is 0 Å². The Hall–Kier alpha value is -1.27. The van der Waals surface area contributed by atoms with Gasteiger partial charge in [0.15, 0.2) is 0 Å². The summed E-state index contributed by atoms with van der Waals surface area (Å²) in [5, 5.41) is 8.62. The number of hydrogen-bond donors (Lipinski definition) is 1. The fourth-order valence-corrected chi connectivity index (χ4v) is 1.05. The molecule has 2 nitrogen and oxygen atoms in total. The van der Waals surface area contributed by atoms with Crippen LogP contribution in [-0.4, -0.2) is 0 Å². The lowest BCUT2D eigenvalue weighted by atomic mass is 10.1. The Morgan fingerprint density at radius 2 is 2.25 bits per heavy atom. The molecular weight excluding hydrogens is 179 g/mol. The van der Waals surface area contributed by atoms with E-state index in [-0.39, 0.29) is 22.7 Å². The first kappa shape index (κ1) is 8.82. The molecule has 4 heteroatoms. The van der Waals surface area contributed by atoms with Gasteiger partial charge in [-0.2, -0.15) is 5.26 Å². The molecule has 0 unspecified atom stereocenters. The van der Waals surface area contributed by atoms with Crippen molar-refractivity contribution < 1.29 is 4.39 Å². The smallest absolute Gasteiger partial charge is 0.129 e. The van der Waals surface area contributed by atoms with Crippen molar-refractivity contribution in [2.24, 2.45) is 0 Å². The summed E-state index contributed by atoms with van der Waals surface area (Å²) in [5.41, 5.74) is 5.77. The predicted octanol–water partition coefficient (Wildman–Crippen LogP) is 2.13. The van der Waals surface area contributed by atoms with Gasteiger partial charge in [0.1, 0.15) is 5.82 Å². The molecular formula is C8H6ClFN2. The minimum absolute atomic E-state index is 0.0573. The summed E-state index contributed by atoms with van der Waals surface area (Å²) < 4.78 is 12.9. The summed E-state index contributed by atoms with van der Waals surface area (Å²) in [6.45, 7) is 0. The Bertz CT molecular complexity index is 344. The van der Waals surface area contributed by atoms with Gasteiger partial charge in [-0.25, -0.2) is 4.39 Å². The quantitative estimate of drug-likeness (QED) is 0.680. The van der Waals surface area contributed by atoms with E-state index < -0.39 is 5.82 Å². The van der Waals surface area contributed by atoms with Crippen molar-refractivity contribution in [1.29, 1.82) is 5.26 Å². The molecule has 0 aliphatic rings. The summed E-state index contributed by atoms with van der Waals surface area (Å²) in [4.78, 5) is 0. The first-order valence-corrected chi connectivity index (χ1v) is 3.64. The second-order valence-corrected chi connectivity index (χ2v) is 2.66. The van der Waals surface area contributed by atoms with Crippen molar-refractivity contribution in [1.82, 2.24) is 0 Å². The number of nitrogen functional groups attached to an aromatic ring is 1. The summed E-state index contributed by atoms with van der Waals surface area (Å²) in [5.74, 6) is -0.488. The largest absolute Gasteiger partial charge is 0.397 e. The summed E-state index contributed by atoms with van der Waals surface area (Å²) in [6, 6.07) is 4.38. The maximum Gasteiger partial charge on any atom is 0.129 e. The van der Waals surface area contributed by atoms with Crippen LogP contribution in [0.25, 0.3) is 0 Å². The van der Waals surface area contributed by atoms with Crippen molar-refractivity contribution in [3.63, 3.8) is 0 Å². The van der Waals surface area contributed by atoms with Gasteiger partial charge in [0, 0.05) is 5.56 Å². The highest BCUT2D eigenvalue weighted by atomic mass is 35.5. The number of hydrogen-bond acceptors (Lipinski definition) is 2. The van der Waals surface area contributed by atoms with E-state index in [9.17, 15) is 4.39 Å². The van der Waals surface area contributed by atoms with E-state index in [4.69, 9.17) is 22.6 Å². The molecule has 0 radical (unpaired) electrons. The Balaban J connectivity index is 3.25. The third-order valence-electron chi connectivity index (χ3n) is 1.50. The number of anilines is 1. The minimum atomic E-state index is -0.488. The van der Waals surface area contributed by atoms with Gasteiger partial charge >= 0.3 is 0 Å². The maximum absolute atomic E-state index is 12.9. The van der Waals surface area contributed by atoms with Crippen LogP contribution in [0, 0.1) is 17.1 Å². The van der Waals surface area contributed by atoms with E-state index in [0.717, 1.165) is 0 Å². The number of halogens is 2. The molecule has 0 amide bonds. The van der Waals surface area contributed by atoms with Crippen LogP contribution < -0.4 is 5.73 Å². The highest BCUT2D eigenvalue weighted by Gasteiger charge is 2.08. The number of nitriles is 1. The molecule has 0 bridgehead atoms. The molecule has 0 spiro atoms. The van der Waals surface area contributed by atoms with Crippen LogP contribution in [0.4, 0.5) is 10.1 Å². The molecule has 62 valence electrons. The Morgan fingerprint density at radius 1 is 1.58 bits per heavy atom. The topological polar surface area (TPSA) is 49.8 Å². The number of nitrogens with two attached hydrogens (primary N) is 1. The van der Waals surface area contributed by atoms with Gasteiger partial charge in [0.25, 0.3) is 0 Å². The third kappa shape index (κ3) is 1.49. The summed E-state index contributed by atoms with van der Waals surface area (Å²) >= 11 is 5.62. The zero-order valence-electron chi connectivity index (χ0n) is 6.14. The van der Waals surface area contributed by atoms with Crippen LogP contribution in [-0.2, 0) is 6.42 Å². The zero-order chi connectivity index (χ0) is 9.14. The first-order chi connectivity index (χ1) is 5.66. The van der Waals surface area contributed by atoms with Gasteiger partial charge in [-0.1, -0.05) is 11.6 Å². The normalized spacial score (nSPS) is 9.42. The summed E-state index contributed by atoms with van der Waals surface area (Å²) in [6.07, 6.45) is -0.0573. The molecule has 0 aliphatic carbocycles. The lowest BCUT2D eigenvalue weighted by Gasteiger charge is -2.03. The molecule has 1 aromatic rings. The summed E-state index contributed by atoms with van der Waals surface area (Å²) in [7, 11) is 0. The average Bonchev–Trinajstić information content (AvgIpc) is 2.06. The third-order valence-corrected chi connectivity index (χ3v) is 1.83. The van der Waals surface area contributed by atoms with Crippen molar-refractivity contribution >= 4 is 17.3 Å². The SMILES string of the molecule is N#CCc1c(F)ccc(Cl)c1N. The van der Waals surface area contributed by atoms with E-state index in [1.54, 1.807) is 0 Å². The fourth-order valence-electron chi connectivity index (χ4n) is 0.868. The molecule has 0 atom stereocenters. The highest BCUT2D eigenvalue weighted by Crippen LogP contribution is 2.25. The van der Waals surface area contributed by atoms with E-state index in [0.29, 0.717) is 0 Å². The Kier molecular flexibility index (Phi) is 2.51. The van der Waals surface area contributed by atoms with Crippen LogP contribution in [0.1, 0.15) is 5.56 Å². The van der Waals surface area contributed by atoms with Gasteiger partial charge < -0.3 is 5.73 Å². The van der Waals surface area contributed by atoms with Crippen LogP contribution in [0.3, 0.4) is 0 Å². The fraction of sp³-hybridized carbons (Fsp3) is 0.125. The van der Waals surface area contributed by atoms with Gasteiger partial charge in [-0.15, -0.1) is 0 Å². The van der Waals surface area contributed by atoms with E-state index in [1.807, 2.05) is 6.07 Å². The van der Waals surface area contributed by atoms with Gasteiger partial charge in [-0.05, 0) is 12.1 Å². The highest BCUT2D eigenvalue weighted by molar-refractivity contribution is 6.33. The van der Waals surface area contributed by atoms with E-state index in [2.05, 4.69) is 0 Å². The van der Waals surface area contributed by atoms with Crippen LogP contribution >= 0.6 is 11.6 Å². The Labute approximate surface area is 74.4 Å². The second-order valence-electron chi connectivity index (χ2n) is 2.26. The second kappa shape index (κ2) is 3.42.